The first-order valence-corrected chi connectivity index (χ1v) is 9.14. The maximum Gasteiger partial charge on any atom is 0.158 e. The van der Waals surface area contributed by atoms with Gasteiger partial charge in [-0.2, -0.15) is 0 Å². The van der Waals surface area contributed by atoms with Crippen LogP contribution in [0.4, 0.5) is 0 Å². The van der Waals surface area contributed by atoms with E-state index in [1.165, 1.54) is 0 Å². The van der Waals surface area contributed by atoms with E-state index in [0.717, 1.165) is 54.2 Å². The van der Waals surface area contributed by atoms with Gasteiger partial charge in [0.25, 0.3) is 0 Å². The molecule has 1 atom stereocenters. The second-order valence-electron chi connectivity index (χ2n) is 7.26. The first-order valence-electron chi connectivity index (χ1n) is 9.14. The van der Waals surface area contributed by atoms with Crippen molar-refractivity contribution in [1.82, 2.24) is 24.8 Å². The molecule has 135 valence electrons. The molecular formula is C20H25N6. The van der Waals surface area contributed by atoms with Crippen LogP contribution >= 0.6 is 0 Å². The van der Waals surface area contributed by atoms with Crippen LogP contribution in [-0.4, -0.2) is 45.0 Å². The van der Waals surface area contributed by atoms with E-state index in [1.54, 1.807) is 12.4 Å². The average molecular weight is 349 g/mol. The maximum atomic E-state index is 6.78. The smallest absolute Gasteiger partial charge is 0.158 e. The highest BCUT2D eigenvalue weighted by Crippen LogP contribution is 2.35. The molecule has 2 aromatic heterocycles. The molecule has 6 heteroatoms. The number of likely N-dealkylation sites (tertiary alicyclic amines) is 1. The second kappa shape index (κ2) is 6.78. The summed E-state index contributed by atoms with van der Waals surface area (Å²) in [5, 5.41) is 0. The minimum Gasteiger partial charge on any atom is -0.337 e. The minimum absolute atomic E-state index is 0.377. The van der Waals surface area contributed by atoms with E-state index in [0.29, 0.717) is 12.3 Å². The van der Waals surface area contributed by atoms with Crippen LogP contribution in [0.5, 0.6) is 0 Å². The van der Waals surface area contributed by atoms with Gasteiger partial charge in [0, 0.05) is 0 Å². The van der Waals surface area contributed by atoms with Crippen molar-refractivity contribution in [2.45, 2.75) is 24.8 Å². The monoisotopic (exact) mass is 349 g/mol. The summed E-state index contributed by atoms with van der Waals surface area (Å²) < 4.78 is 0. The number of nitrogens with one attached hydrogen (secondary N) is 1. The normalized spacial score (nSPS) is 18.9. The predicted octanol–water partition coefficient (Wildman–Crippen LogP) is 2.74. The quantitative estimate of drug-likeness (QED) is 0.757. The van der Waals surface area contributed by atoms with E-state index < -0.39 is 5.54 Å². The Morgan fingerprint density at radius 2 is 2.00 bits per heavy atom. The number of rotatable bonds is 4. The average Bonchev–Trinajstić information content (AvgIpc) is 3.12. The molecule has 0 amide bonds. The molecule has 1 saturated heterocycles. The number of para-hydroxylation sites is 2. The molecule has 6 nitrogen and oxygen atoms in total. The van der Waals surface area contributed by atoms with E-state index >= 15 is 0 Å². The van der Waals surface area contributed by atoms with Gasteiger partial charge in [0.15, 0.2) is 5.82 Å². The van der Waals surface area contributed by atoms with Crippen LogP contribution in [-0.2, 0) is 5.54 Å². The molecule has 0 saturated carbocycles. The highest BCUT2D eigenvalue weighted by molar-refractivity contribution is 5.78. The van der Waals surface area contributed by atoms with E-state index in [9.17, 15) is 0 Å². The Morgan fingerprint density at radius 1 is 1.23 bits per heavy atom. The molecule has 1 aliphatic heterocycles. The van der Waals surface area contributed by atoms with E-state index in [-0.39, 0.29) is 0 Å². The van der Waals surface area contributed by atoms with Crippen LogP contribution in [0.2, 0.25) is 0 Å². The molecule has 0 bridgehead atoms. The van der Waals surface area contributed by atoms with Crippen molar-refractivity contribution in [3.63, 3.8) is 0 Å². The van der Waals surface area contributed by atoms with Crippen LogP contribution in [0.15, 0.2) is 36.7 Å². The number of piperidine rings is 1. The number of benzene rings is 1. The van der Waals surface area contributed by atoms with Gasteiger partial charge in [-0.1, -0.05) is 19.1 Å². The Kier molecular flexibility index (Phi) is 4.46. The topological polar surface area (TPSA) is 83.7 Å². The van der Waals surface area contributed by atoms with Crippen molar-refractivity contribution in [3.05, 3.63) is 49.3 Å². The molecule has 1 aromatic carbocycles. The molecule has 0 spiro atoms. The fourth-order valence-electron chi connectivity index (χ4n) is 3.83. The SMILES string of the molecule is [CH2]CC(N)(c1cnc(-c2nc3ccccc3[nH]2)cn1)C1CCN(C)CC1. The van der Waals surface area contributed by atoms with Crippen molar-refractivity contribution < 1.29 is 0 Å². The summed E-state index contributed by atoms with van der Waals surface area (Å²) in [4.78, 5) is 19.5. The van der Waals surface area contributed by atoms with Crippen molar-refractivity contribution in [3.8, 4) is 11.5 Å². The number of aromatic amines is 1. The third-order valence-corrected chi connectivity index (χ3v) is 5.62. The van der Waals surface area contributed by atoms with Gasteiger partial charge < -0.3 is 15.6 Å². The van der Waals surface area contributed by atoms with Gasteiger partial charge >= 0.3 is 0 Å². The fraction of sp³-hybridized carbons (Fsp3) is 0.400. The van der Waals surface area contributed by atoms with Crippen LogP contribution in [0.25, 0.3) is 22.6 Å². The molecule has 1 unspecified atom stereocenters. The van der Waals surface area contributed by atoms with E-state index in [4.69, 9.17) is 5.73 Å². The van der Waals surface area contributed by atoms with E-state index in [2.05, 4.69) is 38.8 Å². The molecule has 1 fully saturated rings. The second-order valence-corrected chi connectivity index (χ2v) is 7.26. The molecule has 3 N–H and O–H groups in total. The Balaban J connectivity index is 1.61. The first-order chi connectivity index (χ1) is 12.6. The zero-order valence-electron chi connectivity index (χ0n) is 15.2. The Morgan fingerprint density at radius 3 is 2.65 bits per heavy atom. The Bertz CT molecular complexity index is 846. The van der Waals surface area contributed by atoms with Gasteiger partial charge in [-0.15, -0.1) is 0 Å². The zero-order chi connectivity index (χ0) is 18.1. The van der Waals surface area contributed by atoms with Crippen molar-refractivity contribution >= 4 is 11.0 Å². The number of imidazole rings is 1. The number of H-pyrrole nitrogens is 1. The third-order valence-electron chi connectivity index (χ3n) is 5.62. The molecular weight excluding hydrogens is 324 g/mol. The predicted molar refractivity (Wildman–Crippen MR) is 103 cm³/mol. The summed E-state index contributed by atoms with van der Waals surface area (Å²) in [5.41, 5.74) is 9.71. The van der Waals surface area contributed by atoms with Crippen molar-refractivity contribution in [2.75, 3.05) is 20.1 Å². The molecule has 26 heavy (non-hydrogen) atoms. The van der Waals surface area contributed by atoms with Crippen LogP contribution in [0, 0.1) is 12.8 Å². The van der Waals surface area contributed by atoms with Crippen LogP contribution < -0.4 is 5.73 Å². The minimum atomic E-state index is -0.527. The molecule has 4 rings (SSSR count). The number of fused-ring (bicyclic) bond motifs is 1. The number of hydrogen-bond acceptors (Lipinski definition) is 5. The third kappa shape index (κ3) is 2.99. The number of hydrogen-bond donors (Lipinski definition) is 2. The summed E-state index contributed by atoms with van der Waals surface area (Å²) in [6.45, 7) is 6.24. The molecule has 1 aliphatic rings. The number of nitrogens with zero attached hydrogens (tertiary/aromatic N) is 4. The summed E-state index contributed by atoms with van der Waals surface area (Å²) in [6.07, 6.45) is 6.30. The van der Waals surface area contributed by atoms with Crippen LogP contribution in [0.3, 0.4) is 0 Å². The first kappa shape index (κ1) is 17.1. The largest absolute Gasteiger partial charge is 0.337 e. The molecule has 0 aliphatic carbocycles. The Hall–Kier alpha value is -2.31. The van der Waals surface area contributed by atoms with Gasteiger partial charge in [0.1, 0.15) is 5.69 Å². The molecule has 3 heterocycles. The molecule has 1 radical (unpaired) electrons. The number of aromatic nitrogens is 4. The summed E-state index contributed by atoms with van der Waals surface area (Å²) >= 11 is 0. The zero-order valence-corrected chi connectivity index (χ0v) is 15.2. The van der Waals surface area contributed by atoms with E-state index in [1.807, 2.05) is 24.3 Å². The Labute approximate surface area is 153 Å². The lowest BCUT2D eigenvalue weighted by atomic mass is 9.75. The van der Waals surface area contributed by atoms with Crippen molar-refractivity contribution in [1.29, 1.82) is 0 Å². The molecule has 3 aromatic rings. The van der Waals surface area contributed by atoms with Gasteiger partial charge in [0.05, 0.1) is 34.7 Å². The highest BCUT2D eigenvalue weighted by Gasteiger charge is 2.38. The van der Waals surface area contributed by atoms with Gasteiger partial charge in [0.2, 0.25) is 0 Å². The van der Waals surface area contributed by atoms with Gasteiger partial charge in [-0.25, -0.2) is 9.97 Å². The maximum absolute atomic E-state index is 6.78. The van der Waals surface area contributed by atoms with Crippen molar-refractivity contribution in [2.24, 2.45) is 11.7 Å². The summed E-state index contributed by atoms with van der Waals surface area (Å²) in [7, 11) is 2.15. The lowest BCUT2D eigenvalue weighted by Crippen LogP contribution is -2.48. The van der Waals surface area contributed by atoms with Gasteiger partial charge in [-0.3, -0.25) is 4.98 Å². The van der Waals surface area contributed by atoms with Gasteiger partial charge in [-0.05, 0) is 57.5 Å². The lowest BCUT2D eigenvalue weighted by molar-refractivity contribution is 0.144. The lowest BCUT2D eigenvalue weighted by Gasteiger charge is -2.40. The standard InChI is InChI=1S/C20H25N6/c1-3-20(21,14-8-10-26(2)11-9-14)18-13-22-17(12-23-18)19-24-15-6-4-5-7-16(15)25-19/h4-7,12-14H,1,3,8-11,21H2,2H3,(H,24,25). The number of nitrogens with two attached hydrogens (primary N) is 1. The summed E-state index contributed by atoms with van der Waals surface area (Å²) in [5.74, 6) is 1.10. The summed E-state index contributed by atoms with van der Waals surface area (Å²) in [6, 6.07) is 7.93. The van der Waals surface area contributed by atoms with Crippen LogP contribution in [0.1, 0.15) is 25.0 Å². The fourth-order valence-corrected chi connectivity index (χ4v) is 3.83. The highest BCUT2D eigenvalue weighted by atomic mass is 15.1.